The van der Waals surface area contributed by atoms with Crippen LogP contribution in [0.25, 0.3) is 11.6 Å². The maximum atomic E-state index is 13.3. The number of likely N-dealkylation sites (tertiary alicyclic amines) is 1. The fourth-order valence-corrected chi connectivity index (χ4v) is 4.70. The van der Waals surface area contributed by atoms with Crippen molar-refractivity contribution in [2.45, 2.75) is 24.8 Å². The summed E-state index contributed by atoms with van der Waals surface area (Å²) in [5, 5.41) is 0.713. The molecule has 1 amide bonds. The Balaban J connectivity index is 1.40. The van der Waals surface area contributed by atoms with Gasteiger partial charge in [0.2, 0.25) is 0 Å². The molecule has 2 aliphatic rings. The van der Waals surface area contributed by atoms with E-state index in [1.54, 1.807) is 6.26 Å². The first-order valence-corrected chi connectivity index (χ1v) is 11.6. The second kappa shape index (κ2) is 9.28. The molecule has 0 aliphatic carbocycles. The molecule has 0 bridgehead atoms. The van der Waals surface area contributed by atoms with Gasteiger partial charge in [-0.25, -0.2) is 9.97 Å². The van der Waals surface area contributed by atoms with Gasteiger partial charge in [0.15, 0.2) is 11.6 Å². The van der Waals surface area contributed by atoms with Gasteiger partial charge < -0.3 is 14.2 Å². The van der Waals surface area contributed by atoms with E-state index < -0.39 is 0 Å². The smallest absolute Gasteiger partial charge is 0.258 e. The van der Waals surface area contributed by atoms with E-state index in [4.69, 9.17) is 4.42 Å². The third kappa shape index (κ3) is 4.65. The van der Waals surface area contributed by atoms with Gasteiger partial charge in [0, 0.05) is 39.3 Å². The Kier molecular flexibility index (Phi) is 6.52. The zero-order chi connectivity index (χ0) is 20.2. The van der Waals surface area contributed by atoms with Gasteiger partial charge in [-0.1, -0.05) is 0 Å². The number of thioether (sulfide) groups is 1. The van der Waals surface area contributed by atoms with Crippen LogP contribution in [0.15, 0.2) is 27.8 Å². The molecule has 0 aromatic carbocycles. The molecule has 29 heavy (non-hydrogen) atoms. The minimum Gasteiger partial charge on any atom is -0.461 e. The van der Waals surface area contributed by atoms with Crippen molar-refractivity contribution < 1.29 is 9.21 Å². The van der Waals surface area contributed by atoms with E-state index in [0.717, 1.165) is 39.3 Å². The lowest BCUT2D eigenvalue weighted by atomic mass is 10.2. The fourth-order valence-electron chi connectivity index (χ4n) is 4.08. The van der Waals surface area contributed by atoms with Crippen molar-refractivity contribution in [1.29, 1.82) is 0 Å². The number of amides is 1. The molecule has 156 valence electrons. The highest BCUT2D eigenvalue weighted by Gasteiger charge is 2.27. The van der Waals surface area contributed by atoms with Crippen LogP contribution in [0.5, 0.6) is 0 Å². The van der Waals surface area contributed by atoms with Crippen LogP contribution < -0.4 is 0 Å². The molecule has 8 heteroatoms. The zero-order valence-electron chi connectivity index (χ0n) is 17.3. The third-order valence-electron chi connectivity index (χ3n) is 5.80. The zero-order valence-corrected chi connectivity index (χ0v) is 18.1. The third-order valence-corrected chi connectivity index (χ3v) is 6.48. The van der Waals surface area contributed by atoms with Gasteiger partial charge in [0.05, 0.1) is 17.5 Å². The predicted molar refractivity (Wildman–Crippen MR) is 114 cm³/mol. The number of furan rings is 1. The van der Waals surface area contributed by atoms with E-state index in [1.165, 1.54) is 37.7 Å². The summed E-state index contributed by atoms with van der Waals surface area (Å²) >= 11 is 1.48. The average molecular weight is 416 g/mol. The van der Waals surface area contributed by atoms with Crippen LogP contribution in [0.2, 0.25) is 0 Å². The lowest BCUT2D eigenvalue weighted by Gasteiger charge is -2.35. The molecular formula is C21H29N5O2S. The lowest BCUT2D eigenvalue weighted by Crippen LogP contribution is -2.50. The van der Waals surface area contributed by atoms with Crippen LogP contribution in [0.3, 0.4) is 0 Å². The van der Waals surface area contributed by atoms with Crippen LogP contribution >= 0.6 is 11.8 Å². The molecule has 2 aromatic heterocycles. The van der Waals surface area contributed by atoms with Gasteiger partial charge in [-0.05, 0) is 51.2 Å². The van der Waals surface area contributed by atoms with Crippen molar-refractivity contribution in [1.82, 2.24) is 24.7 Å². The van der Waals surface area contributed by atoms with Gasteiger partial charge in [-0.2, -0.15) is 0 Å². The number of hydrogen-bond donors (Lipinski definition) is 0. The normalized spacial score (nSPS) is 18.5. The summed E-state index contributed by atoms with van der Waals surface area (Å²) in [6.45, 7) is 9.97. The summed E-state index contributed by atoms with van der Waals surface area (Å²) in [6, 6.07) is 3.65. The molecule has 0 N–H and O–H groups in total. The molecule has 2 aliphatic heterocycles. The second-order valence-corrected chi connectivity index (χ2v) is 8.47. The van der Waals surface area contributed by atoms with Crippen molar-refractivity contribution in [3.05, 3.63) is 29.7 Å². The van der Waals surface area contributed by atoms with E-state index in [9.17, 15) is 4.79 Å². The first-order chi connectivity index (χ1) is 14.2. The van der Waals surface area contributed by atoms with Crippen molar-refractivity contribution >= 4 is 17.7 Å². The summed E-state index contributed by atoms with van der Waals surface area (Å²) in [5.74, 6) is 1.19. The maximum absolute atomic E-state index is 13.3. The molecule has 0 atom stereocenters. The number of aryl methyl sites for hydroxylation is 1. The summed E-state index contributed by atoms with van der Waals surface area (Å²) in [7, 11) is 0. The molecule has 7 nitrogen and oxygen atoms in total. The molecule has 2 fully saturated rings. The summed E-state index contributed by atoms with van der Waals surface area (Å²) in [6.07, 6.45) is 6.22. The second-order valence-electron chi connectivity index (χ2n) is 7.68. The van der Waals surface area contributed by atoms with E-state index in [1.807, 2.05) is 30.2 Å². The number of hydrogen-bond acceptors (Lipinski definition) is 7. The maximum Gasteiger partial charge on any atom is 0.258 e. The van der Waals surface area contributed by atoms with E-state index in [0.29, 0.717) is 27.9 Å². The van der Waals surface area contributed by atoms with Crippen LogP contribution in [0.1, 0.15) is 28.9 Å². The van der Waals surface area contributed by atoms with Crippen molar-refractivity contribution in [2.75, 3.05) is 58.6 Å². The first kappa shape index (κ1) is 20.4. The van der Waals surface area contributed by atoms with Crippen LogP contribution in [-0.2, 0) is 0 Å². The number of rotatable bonds is 6. The number of carbonyl (C=O) groups is 1. The highest BCUT2D eigenvalue weighted by Crippen LogP contribution is 2.26. The highest BCUT2D eigenvalue weighted by atomic mass is 32.2. The standard InChI is InChI=1S/C21H29N5O2S/c1-16-18(20(29-2)23-19(22-16)17-6-5-15-28-17)21(27)26-13-11-25(12-14-26)10-9-24-7-3-4-8-24/h5-6,15H,3-4,7-14H2,1-2H3. The Bertz CT molecular complexity index is 828. The molecular weight excluding hydrogens is 386 g/mol. The van der Waals surface area contributed by atoms with Gasteiger partial charge >= 0.3 is 0 Å². The Morgan fingerprint density at radius 2 is 1.76 bits per heavy atom. The molecule has 4 heterocycles. The first-order valence-electron chi connectivity index (χ1n) is 10.4. The lowest BCUT2D eigenvalue weighted by molar-refractivity contribution is 0.0621. The van der Waals surface area contributed by atoms with E-state index in [2.05, 4.69) is 19.8 Å². The number of carbonyl (C=O) groups excluding carboxylic acids is 1. The molecule has 0 saturated carbocycles. The number of aromatic nitrogens is 2. The van der Waals surface area contributed by atoms with Crippen molar-refractivity contribution in [3.63, 3.8) is 0 Å². The predicted octanol–water partition coefficient (Wildman–Crippen LogP) is 2.62. The molecule has 4 rings (SSSR count). The quantitative estimate of drug-likeness (QED) is 0.531. The largest absolute Gasteiger partial charge is 0.461 e. The molecule has 2 saturated heterocycles. The Morgan fingerprint density at radius 3 is 2.38 bits per heavy atom. The monoisotopic (exact) mass is 415 g/mol. The molecule has 0 radical (unpaired) electrons. The number of piperazine rings is 1. The van der Waals surface area contributed by atoms with Crippen LogP contribution in [0.4, 0.5) is 0 Å². The van der Waals surface area contributed by atoms with Crippen molar-refractivity contribution in [3.8, 4) is 11.6 Å². The van der Waals surface area contributed by atoms with E-state index in [-0.39, 0.29) is 5.91 Å². The average Bonchev–Trinajstić information content (AvgIpc) is 3.45. The Labute approximate surface area is 176 Å². The minimum atomic E-state index is 0.0389. The fraction of sp³-hybridized carbons (Fsp3) is 0.571. The molecule has 0 spiro atoms. The van der Waals surface area contributed by atoms with Gasteiger partial charge in [-0.15, -0.1) is 11.8 Å². The number of nitrogens with zero attached hydrogens (tertiary/aromatic N) is 5. The molecule has 2 aromatic rings. The highest BCUT2D eigenvalue weighted by molar-refractivity contribution is 7.98. The minimum absolute atomic E-state index is 0.0389. The van der Waals surface area contributed by atoms with Crippen molar-refractivity contribution in [2.24, 2.45) is 0 Å². The Hall–Kier alpha value is -1.90. The SMILES string of the molecule is CSc1nc(-c2ccco2)nc(C)c1C(=O)N1CCN(CCN2CCCC2)CC1. The summed E-state index contributed by atoms with van der Waals surface area (Å²) < 4.78 is 5.42. The van der Waals surface area contributed by atoms with Crippen LogP contribution in [0, 0.1) is 6.92 Å². The van der Waals surface area contributed by atoms with Gasteiger partial charge in [0.25, 0.3) is 5.91 Å². The summed E-state index contributed by atoms with van der Waals surface area (Å²) in [4.78, 5) is 29.4. The summed E-state index contributed by atoms with van der Waals surface area (Å²) in [5.41, 5.74) is 1.33. The van der Waals surface area contributed by atoms with Gasteiger partial charge in [0.1, 0.15) is 5.03 Å². The van der Waals surface area contributed by atoms with Gasteiger partial charge in [-0.3, -0.25) is 9.69 Å². The van der Waals surface area contributed by atoms with Crippen LogP contribution in [-0.4, -0.2) is 89.2 Å². The molecule has 0 unspecified atom stereocenters. The topological polar surface area (TPSA) is 65.7 Å². The Morgan fingerprint density at radius 1 is 1.07 bits per heavy atom. The van der Waals surface area contributed by atoms with E-state index >= 15 is 0 Å².